The minimum atomic E-state index is 0. The molecule has 3 rings (SSSR count). The number of guanidine groups is 1. The number of nitrogens with zero attached hydrogens (tertiary/aromatic N) is 3. The molecule has 2 heterocycles. The van der Waals surface area contributed by atoms with Crippen molar-refractivity contribution in [1.29, 1.82) is 0 Å². The third-order valence-corrected chi connectivity index (χ3v) is 4.92. The Morgan fingerprint density at radius 3 is 2.80 bits per heavy atom. The van der Waals surface area contributed by atoms with Crippen molar-refractivity contribution in [2.45, 2.75) is 39.0 Å². The van der Waals surface area contributed by atoms with Crippen molar-refractivity contribution in [3.63, 3.8) is 0 Å². The van der Waals surface area contributed by atoms with Crippen LogP contribution in [0.15, 0.2) is 53.7 Å². The number of amides is 1. The van der Waals surface area contributed by atoms with Gasteiger partial charge in [0.05, 0.1) is 0 Å². The average Bonchev–Trinajstić information content (AvgIpc) is 3.24. The van der Waals surface area contributed by atoms with Crippen LogP contribution in [0.4, 0.5) is 0 Å². The molecule has 2 aromatic rings. The number of benzene rings is 1. The first kappa shape index (κ1) is 23.9. The highest BCUT2D eigenvalue weighted by Gasteiger charge is 2.25. The van der Waals surface area contributed by atoms with E-state index in [2.05, 4.69) is 20.6 Å². The molecule has 1 amide bonds. The maximum absolute atomic E-state index is 11.9. The van der Waals surface area contributed by atoms with Crippen LogP contribution in [0.3, 0.4) is 0 Å². The van der Waals surface area contributed by atoms with Crippen molar-refractivity contribution in [3.05, 3.63) is 59.8 Å². The lowest BCUT2D eigenvalue weighted by atomic mass is 10.2. The summed E-state index contributed by atoms with van der Waals surface area (Å²) in [6.45, 7) is 4.42. The monoisotopic (exact) mass is 523 g/mol. The van der Waals surface area contributed by atoms with Crippen LogP contribution in [0.25, 0.3) is 0 Å². The van der Waals surface area contributed by atoms with Crippen LogP contribution in [0.2, 0.25) is 0 Å². The molecule has 1 aliphatic heterocycles. The Morgan fingerprint density at radius 2 is 2.07 bits per heavy atom. The highest BCUT2D eigenvalue weighted by atomic mass is 127. The topological polar surface area (TPSA) is 78.9 Å². The van der Waals surface area contributed by atoms with Crippen molar-refractivity contribution in [1.82, 2.24) is 20.5 Å². The molecule has 1 aromatic carbocycles. The van der Waals surface area contributed by atoms with Crippen molar-refractivity contribution in [2.75, 3.05) is 20.1 Å². The number of ether oxygens (including phenoxy) is 1. The quantitative estimate of drug-likeness (QED) is 0.332. The molecule has 1 aromatic heterocycles. The lowest BCUT2D eigenvalue weighted by Crippen LogP contribution is -2.44. The SMILES string of the molecule is CCC(=O)N1CCC(NC(=NC)NCc2cccnc2OCc2ccccc2)C1.I. The van der Waals surface area contributed by atoms with Gasteiger partial charge < -0.3 is 20.3 Å². The van der Waals surface area contributed by atoms with Gasteiger partial charge >= 0.3 is 0 Å². The molecule has 8 heteroatoms. The van der Waals surface area contributed by atoms with E-state index in [1.54, 1.807) is 13.2 Å². The van der Waals surface area contributed by atoms with Gasteiger partial charge in [-0.2, -0.15) is 0 Å². The van der Waals surface area contributed by atoms with Crippen LogP contribution in [-0.2, 0) is 17.9 Å². The van der Waals surface area contributed by atoms with Crippen LogP contribution >= 0.6 is 24.0 Å². The van der Waals surface area contributed by atoms with Crippen molar-refractivity contribution in [3.8, 4) is 5.88 Å². The molecular formula is C22H30IN5O2. The highest BCUT2D eigenvalue weighted by Crippen LogP contribution is 2.16. The molecule has 1 saturated heterocycles. The molecule has 0 radical (unpaired) electrons. The number of nitrogens with one attached hydrogen (secondary N) is 2. The summed E-state index contributed by atoms with van der Waals surface area (Å²) in [5.74, 6) is 1.52. The molecule has 0 aliphatic carbocycles. The summed E-state index contributed by atoms with van der Waals surface area (Å²) in [6.07, 6.45) is 3.20. The predicted molar refractivity (Wildman–Crippen MR) is 129 cm³/mol. The van der Waals surface area contributed by atoms with Gasteiger partial charge in [0, 0.05) is 50.9 Å². The summed E-state index contributed by atoms with van der Waals surface area (Å²) in [4.78, 5) is 22.4. The summed E-state index contributed by atoms with van der Waals surface area (Å²) in [5.41, 5.74) is 2.06. The number of hydrogen-bond acceptors (Lipinski definition) is 4. The molecule has 0 saturated carbocycles. The Balaban J connectivity index is 0.00000320. The van der Waals surface area contributed by atoms with E-state index in [9.17, 15) is 4.79 Å². The minimum absolute atomic E-state index is 0. The number of hydrogen-bond donors (Lipinski definition) is 2. The number of aromatic nitrogens is 1. The van der Waals surface area contributed by atoms with E-state index in [4.69, 9.17) is 4.74 Å². The Morgan fingerprint density at radius 1 is 1.27 bits per heavy atom. The molecule has 162 valence electrons. The molecule has 2 N–H and O–H groups in total. The normalized spacial score (nSPS) is 16.0. The van der Waals surface area contributed by atoms with E-state index in [0.717, 1.165) is 24.1 Å². The first-order valence-electron chi connectivity index (χ1n) is 10.0. The summed E-state index contributed by atoms with van der Waals surface area (Å²) >= 11 is 0. The Kier molecular flexibility index (Phi) is 9.85. The van der Waals surface area contributed by atoms with Gasteiger partial charge in [-0.3, -0.25) is 9.79 Å². The zero-order valence-electron chi connectivity index (χ0n) is 17.5. The van der Waals surface area contributed by atoms with Gasteiger partial charge in [-0.1, -0.05) is 43.3 Å². The predicted octanol–water partition coefficient (Wildman–Crippen LogP) is 2.95. The Labute approximate surface area is 195 Å². The van der Waals surface area contributed by atoms with Gasteiger partial charge in [-0.25, -0.2) is 4.98 Å². The number of halogens is 1. The summed E-state index contributed by atoms with van der Waals surface area (Å²) in [5, 5.41) is 6.73. The first-order valence-corrected chi connectivity index (χ1v) is 10.0. The number of likely N-dealkylation sites (tertiary alicyclic amines) is 1. The van der Waals surface area contributed by atoms with Gasteiger partial charge in [-0.05, 0) is 18.1 Å². The fourth-order valence-corrected chi connectivity index (χ4v) is 3.31. The lowest BCUT2D eigenvalue weighted by molar-refractivity contribution is -0.129. The second-order valence-electron chi connectivity index (χ2n) is 6.99. The Bertz CT molecular complexity index is 831. The van der Waals surface area contributed by atoms with Crippen molar-refractivity contribution in [2.24, 2.45) is 4.99 Å². The summed E-state index contributed by atoms with van der Waals surface area (Å²) < 4.78 is 5.92. The fraction of sp³-hybridized carbons (Fsp3) is 0.409. The molecule has 0 spiro atoms. The van der Waals surface area contributed by atoms with Gasteiger partial charge in [0.15, 0.2) is 5.96 Å². The molecular weight excluding hydrogens is 493 g/mol. The van der Waals surface area contributed by atoms with E-state index >= 15 is 0 Å². The summed E-state index contributed by atoms with van der Waals surface area (Å²) in [7, 11) is 1.75. The van der Waals surface area contributed by atoms with Crippen LogP contribution in [0, 0.1) is 0 Å². The third-order valence-electron chi connectivity index (χ3n) is 4.92. The van der Waals surface area contributed by atoms with Crippen molar-refractivity contribution >= 4 is 35.8 Å². The van der Waals surface area contributed by atoms with Gasteiger partial charge in [0.2, 0.25) is 11.8 Å². The number of carbonyl (C=O) groups excluding carboxylic acids is 1. The van der Waals surface area contributed by atoms with E-state index in [-0.39, 0.29) is 35.9 Å². The van der Waals surface area contributed by atoms with Crippen LogP contribution in [-0.4, -0.2) is 47.9 Å². The minimum Gasteiger partial charge on any atom is -0.473 e. The standard InChI is InChI=1S/C22H29N5O2.HI/c1-3-20(28)27-13-11-19(15-27)26-22(23-2)25-14-18-10-7-12-24-21(18)29-16-17-8-5-4-6-9-17;/h4-10,12,19H,3,11,13-16H2,1-2H3,(H2,23,25,26);1H. The van der Waals surface area contributed by atoms with E-state index < -0.39 is 0 Å². The van der Waals surface area contributed by atoms with E-state index in [1.807, 2.05) is 54.3 Å². The molecule has 30 heavy (non-hydrogen) atoms. The van der Waals surface area contributed by atoms with Crippen molar-refractivity contribution < 1.29 is 9.53 Å². The van der Waals surface area contributed by atoms with Crippen LogP contribution in [0.1, 0.15) is 30.9 Å². The number of pyridine rings is 1. The van der Waals surface area contributed by atoms with Gasteiger partial charge in [0.25, 0.3) is 0 Å². The fourth-order valence-electron chi connectivity index (χ4n) is 3.31. The van der Waals surface area contributed by atoms with Crippen LogP contribution in [0.5, 0.6) is 5.88 Å². The highest BCUT2D eigenvalue weighted by molar-refractivity contribution is 14.0. The molecule has 1 atom stereocenters. The zero-order chi connectivity index (χ0) is 20.5. The number of aliphatic imine (C=N–C) groups is 1. The Hall–Kier alpha value is -2.36. The molecule has 0 bridgehead atoms. The molecule has 7 nitrogen and oxygen atoms in total. The lowest BCUT2D eigenvalue weighted by Gasteiger charge is -2.19. The maximum atomic E-state index is 11.9. The second-order valence-corrected chi connectivity index (χ2v) is 6.99. The third kappa shape index (κ3) is 6.86. The molecule has 1 fully saturated rings. The zero-order valence-corrected chi connectivity index (χ0v) is 19.8. The van der Waals surface area contributed by atoms with Gasteiger partial charge in [-0.15, -0.1) is 24.0 Å². The molecule has 1 aliphatic rings. The summed E-state index contributed by atoms with van der Waals surface area (Å²) in [6, 6.07) is 14.1. The first-order chi connectivity index (χ1) is 14.2. The van der Waals surface area contributed by atoms with Crippen LogP contribution < -0.4 is 15.4 Å². The number of carbonyl (C=O) groups is 1. The largest absolute Gasteiger partial charge is 0.473 e. The van der Waals surface area contributed by atoms with E-state index in [1.165, 1.54) is 0 Å². The smallest absolute Gasteiger partial charge is 0.222 e. The van der Waals surface area contributed by atoms with E-state index in [0.29, 0.717) is 38.0 Å². The second kappa shape index (κ2) is 12.4. The van der Waals surface area contributed by atoms with Gasteiger partial charge in [0.1, 0.15) is 6.61 Å². The molecule has 1 unspecified atom stereocenters. The number of rotatable bonds is 7. The average molecular weight is 523 g/mol. The maximum Gasteiger partial charge on any atom is 0.222 e.